The quantitative estimate of drug-likeness (QED) is 0.756. The maximum atomic E-state index is 13.5. The Morgan fingerprint density at radius 3 is 2.53 bits per heavy atom. The summed E-state index contributed by atoms with van der Waals surface area (Å²) in [6, 6.07) is 10.8. The van der Waals surface area contributed by atoms with E-state index in [1.165, 1.54) is 6.07 Å². The van der Waals surface area contributed by atoms with E-state index in [1.807, 2.05) is 38.1 Å². The summed E-state index contributed by atoms with van der Waals surface area (Å²) >= 11 is 0. The van der Waals surface area contributed by atoms with Crippen LogP contribution in [0.3, 0.4) is 0 Å². The predicted molar refractivity (Wildman–Crippen MR) is 61.1 cm³/mol. The van der Waals surface area contributed by atoms with Gasteiger partial charge >= 0.3 is 0 Å². The Labute approximate surface area is 88.7 Å². The SMILES string of the molecule is CC(C)(N)c1ccc2cccc(F)c2c1. The molecule has 2 rings (SSSR count). The van der Waals surface area contributed by atoms with E-state index in [0.29, 0.717) is 5.39 Å². The minimum atomic E-state index is -0.434. The van der Waals surface area contributed by atoms with E-state index in [1.54, 1.807) is 6.07 Å². The van der Waals surface area contributed by atoms with Gasteiger partial charge in [-0.05, 0) is 36.9 Å². The molecule has 2 aromatic carbocycles. The van der Waals surface area contributed by atoms with Crippen LogP contribution in [-0.4, -0.2) is 0 Å². The first-order valence-corrected chi connectivity index (χ1v) is 4.96. The van der Waals surface area contributed by atoms with Gasteiger partial charge in [0.1, 0.15) is 5.82 Å². The average molecular weight is 203 g/mol. The number of hydrogen-bond donors (Lipinski definition) is 1. The van der Waals surface area contributed by atoms with E-state index in [9.17, 15) is 4.39 Å². The molecule has 0 spiro atoms. The highest BCUT2D eigenvalue weighted by Crippen LogP contribution is 2.24. The van der Waals surface area contributed by atoms with Crippen molar-refractivity contribution in [2.24, 2.45) is 5.73 Å². The molecule has 0 aromatic heterocycles. The molecule has 0 fully saturated rings. The largest absolute Gasteiger partial charge is 0.322 e. The summed E-state index contributed by atoms with van der Waals surface area (Å²) in [4.78, 5) is 0. The molecule has 0 saturated carbocycles. The minimum absolute atomic E-state index is 0.196. The van der Waals surface area contributed by atoms with Gasteiger partial charge in [-0.3, -0.25) is 0 Å². The summed E-state index contributed by atoms with van der Waals surface area (Å²) < 4.78 is 13.5. The van der Waals surface area contributed by atoms with E-state index >= 15 is 0 Å². The Hall–Kier alpha value is -1.41. The first-order valence-electron chi connectivity index (χ1n) is 4.96. The fourth-order valence-electron chi connectivity index (χ4n) is 1.64. The van der Waals surface area contributed by atoms with Crippen LogP contribution < -0.4 is 5.73 Å². The molecule has 0 unspecified atom stereocenters. The summed E-state index contributed by atoms with van der Waals surface area (Å²) in [5, 5.41) is 1.54. The number of rotatable bonds is 1. The Morgan fingerprint density at radius 2 is 1.87 bits per heavy atom. The highest BCUT2D eigenvalue weighted by Gasteiger charge is 2.14. The zero-order valence-corrected chi connectivity index (χ0v) is 8.92. The van der Waals surface area contributed by atoms with Gasteiger partial charge in [-0.1, -0.05) is 24.3 Å². The molecule has 2 aromatic rings. The fraction of sp³-hybridized carbons (Fsp3) is 0.231. The molecule has 2 heteroatoms. The van der Waals surface area contributed by atoms with Gasteiger partial charge in [-0.15, -0.1) is 0 Å². The van der Waals surface area contributed by atoms with Crippen molar-refractivity contribution < 1.29 is 4.39 Å². The number of fused-ring (bicyclic) bond motifs is 1. The maximum absolute atomic E-state index is 13.5. The first kappa shape index (κ1) is 10.1. The van der Waals surface area contributed by atoms with Crippen LogP contribution in [-0.2, 0) is 5.54 Å². The fourth-order valence-corrected chi connectivity index (χ4v) is 1.64. The predicted octanol–water partition coefficient (Wildman–Crippen LogP) is 3.17. The zero-order valence-electron chi connectivity index (χ0n) is 8.92. The summed E-state index contributed by atoms with van der Waals surface area (Å²) in [7, 11) is 0. The van der Waals surface area contributed by atoms with Gasteiger partial charge < -0.3 is 5.73 Å². The van der Waals surface area contributed by atoms with Crippen molar-refractivity contribution in [3.05, 3.63) is 47.8 Å². The third-order valence-electron chi connectivity index (χ3n) is 2.57. The Bertz CT molecular complexity index is 497. The lowest BCUT2D eigenvalue weighted by Gasteiger charge is -2.19. The van der Waals surface area contributed by atoms with Gasteiger partial charge in [-0.2, -0.15) is 0 Å². The molecule has 0 saturated heterocycles. The summed E-state index contributed by atoms with van der Waals surface area (Å²) in [5.74, 6) is -0.196. The summed E-state index contributed by atoms with van der Waals surface area (Å²) in [6.07, 6.45) is 0. The number of nitrogens with two attached hydrogens (primary N) is 1. The molecule has 0 aliphatic carbocycles. The molecule has 0 amide bonds. The van der Waals surface area contributed by atoms with Crippen LogP contribution in [0.1, 0.15) is 19.4 Å². The maximum Gasteiger partial charge on any atom is 0.131 e. The third-order valence-corrected chi connectivity index (χ3v) is 2.57. The van der Waals surface area contributed by atoms with Crippen LogP contribution in [0.4, 0.5) is 4.39 Å². The minimum Gasteiger partial charge on any atom is -0.322 e. The van der Waals surface area contributed by atoms with Gasteiger partial charge in [0.25, 0.3) is 0 Å². The van der Waals surface area contributed by atoms with Crippen molar-refractivity contribution >= 4 is 10.8 Å². The van der Waals surface area contributed by atoms with Crippen LogP contribution in [0, 0.1) is 5.82 Å². The van der Waals surface area contributed by atoms with Gasteiger partial charge in [0, 0.05) is 10.9 Å². The van der Waals surface area contributed by atoms with Crippen molar-refractivity contribution in [2.45, 2.75) is 19.4 Å². The topological polar surface area (TPSA) is 26.0 Å². The summed E-state index contributed by atoms with van der Waals surface area (Å²) in [6.45, 7) is 3.82. The lowest BCUT2D eigenvalue weighted by molar-refractivity contribution is 0.554. The standard InChI is InChI=1S/C13H14FN/c1-13(2,15)10-7-6-9-4-3-5-12(14)11(9)8-10/h3-8H,15H2,1-2H3. The lowest BCUT2D eigenvalue weighted by Crippen LogP contribution is -2.28. The molecule has 78 valence electrons. The number of hydrogen-bond acceptors (Lipinski definition) is 1. The van der Waals surface area contributed by atoms with Gasteiger partial charge in [0.2, 0.25) is 0 Å². The third kappa shape index (κ3) is 1.85. The molecule has 0 bridgehead atoms. The molecule has 15 heavy (non-hydrogen) atoms. The molecule has 0 radical (unpaired) electrons. The molecule has 0 heterocycles. The number of benzene rings is 2. The Morgan fingerprint density at radius 1 is 1.13 bits per heavy atom. The molecule has 0 atom stereocenters. The van der Waals surface area contributed by atoms with E-state index in [2.05, 4.69) is 0 Å². The van der Waals surface area contributed by atoms with Crippen LogP contribution in [0.25, 0.3) is 10.8 Å². The van der Waals surface area contributed by atoms with Crippen LogP contribution in [0.5, 0.6) is 0 Å². The Kier molecular flexibility index (Phi) is 2.24. The molecule has 2 N–H and O–H groups in total. The highest BCUT2D eigenvalue weighted by molar-refractivity contribution is 5.83. The molecular formula is C13H14FN. The zero-order chi connectivity index (χ0) is 11.1. The van der Waals surface area contributed by atoms with E-state index < -0.39 is 5.54 Å². The van der Waals surface area contributed by atoms with Gasteiger partial charge in [-0.25, -0.2) is 4.39 Å². The molecule has 0 aliphatic heterocycles. The second-order valence-electron chi connectivity index (χ2n) is 4.40. The van der Waals surface area contributed by atoms with Crippen LogP contribution >= 0.6 is 0 Å². The van der Waals surface area contributed by atoms with Crippen molar-refractivity contribution in [1.29, 1.82) is 0 Å². The van der Waals surface area contributed by atoms with Crippen LogP contribution in [0.15, 0.2) is 36.4 Å². The second kappa shape index (κ2) is 3.31. The van der Waals surface area contributed by atoms with Gasteiger partial charge in [0.15, 0.2) is 0 Å². The molecular weight excluding hydrogens is 189 g/mol. The van der Waals surface area contributed by atoms with Crippen LogP contribution in [0.2, 0.25) is 0 Å². The molecule has 1 nitrogen and oxygen atoms in total. The first-order chi connectivity index (χ1) is 6.98. The van der Waals surface area contributed by atoms with E-state index in [0.717, 1.165) is 10.9 Å². The van der Waals surface area contributed by atoms with Crippen molar-refractivity contribution in [3.63, 3.8) is 0 Å². The lowest BCUT2D eigenvalue weighted by atomic mass is 9.93. The van der Waals surface area contributed by atoms with Crippen molar-refractivity contribution in [3.8, 4) is 0 Å². The normalized spacial score (nSPS) is 12.0. The van der Waals surface area contributed by atoms with Crippen molar-refractivity contribution in [1.82, 2.24) is 0 Å². The van der Waals surface area contributed by atoms with E-state index in [-0.39, 0.29) is 5.82 Å². The molecule has 0 aliphatic rings. The smallest absolute Gasteiger partial charge is 0.131 e. The monoisotopic (exact) mass is 203 g/mol. The highest BCUT2D eigenvalue weighted by atomic mass is 19.1. The van der Waals surface area contributed by atoms with E-state index in [4.69, 9.17) is 5.73 Å². The number of halogens is 1. The van der Waals surface area contributed by atoms with Crippen molar-refractivity contribution in [2.75, 3.05) is 0 Å². The average Bonchev–Trinajstić information content (AvgIpc) is 2.16. The Balaban J connectivity index is 2.70. The summed E-state index contributed by atoms with van der Waals surface area (Å²) in [5.41, 5.74) is 6.49. The van der Waals surface area contributed by atoms with Gasteiger partial charge in [0.05, 0.1) is 0 Å². The second-order valence-corrected chi connectivity index (χ2v) is 4.40.